The van der Waals surface area contributed by atoms with E-state index >= 15 is 0 Å². The molecule has 0 saturated carbocycles. The van der Waals surface area contributed by atoms with E-state index in [2.05, 4.69) is 57.0 Å². The van der Waals surface area contributed by atoms with Crippen LogP contribution in [-0.4, -0.2) is 10.5 Å². The summed E-state index contributed by atoms with van der Waals surface area (Å²) in [5.41, 5.74) is 4.10. The zero-order valence-corrected chi connectivity index (χ0v) is 16.6. The van der Waals surface area contributed by atoms with E-state index < -0.39 is 0 Å². The first-order valence-corrected chi connectivity index (χ1v) is 9.86. The van der Waals surface area contributed by atoms with E-state index in [1.807, 2.05) is 24.3 Å². The molecule has 6 heteroatoms. The van der Waals surface area contributed by atoms with Crippen LogP contribution in [-0.2, 0) is 13.1 Å². The number of nitrogens with zero attached hydrogens (tertiary/aromatic N) is 1. The predicted molar refractivity (Wildman–Crippen MR) is 108 cm³/mol. The largest absolute Gasteiger partial charge is 0.467 e. The Kier molecular flexibility index (Phi) is 4.70. The molecule has 3 heterocycles. The summed E-state index contributed by atoms with van der Waals surface area (Å²) in [7, 11) is 0. The molecule has 26 heavy (non-hydrogen) atoms. The van der Waals surface area contributed by atoms with Gasteiger partial charge < -0.3 is 14.3 Å². The highest BCUT2D eigenvalue weighted by Gasteiger charge is 2.18. The molecule has 0 spiro atoms. The Labute approximate surface area is 163 Å². The smallest absolute Gasteiger partial charge is 0.268 e. The van der Waals surface area contributed by atoms with Crippen LogP contribution in [0.2, 0.25) is 0 Å². The third-order valence-corrected chi connectivity index (χ3v) is 5.79. The Morgan fingerprint density at radius 3 is 2.88 bits per heavy atom. The predicted octanol–water partition coefficient (Wildman–Crippen LogP) is 5.35. The van der Waals surface area contributed by atoms with Gasteiger partial charge in [0, 0.05) is 6.54 Å². The zero-order valence-electron chi connectivity index (χ0n) is 14.2. The van der Waals surface area contributed by atoms with Gasteiger partial charge in [-0.1, -0.05) is 29.8 Å². The van der Waals surface area contributed by atoms with E-state index in [4.69, 9.17) is 4.42 Å². The number of aromatic nitrogens is 1. The van der Waals surface area contributed by atoms with Crippen molar-refractivity contribution in [1.29, 1.82) is 0 Å². The number of halogens is 1. The van der Waals surface area contributed by atoms with Crippen LogP contribution in [0.25, 0.3) is 10.2 Å². The van der Waals surface area contributed by atoms with Crippen molar-refractivity contribution < 1.29 is 9.21 Å². The summed E-state index contributed by atoms with van der Waals surface area (Å²) in [4.78, 5) is 12.8. The molecule has 4 nitrogen and oxygen atoms in total. The van der Waals surface area contributed by atoms with Gasteiger partial charge in [0.05, 0.1) is 26.8 Å². The number of thiophene rings is 1. The molecule has 0 fully saturated rings. The lowest BCUT2D eigenvalue weighted by atomic mass is 10.1. The highest BCUT2D eigenvalue weighted by Crippen LogP contribution is 2.33. The summed E-state index contributed by atoms with van der Waals surface area (Å²) in [5, 5.41) is 2.94. The standard InChI is InChI=1S/C20H17BrN2O2S/c1-13-4-2-5-14(8-13)12-23-16-10-19(21)26-18(16)9-17(23)20(24)22-11-15-6-3-7-25-15/h2-10H,11-12H2,1H3,(H,22,24). The molecule has 4 rings (SSSR count). The van der Waals surface area contributed by atoms with Crippen molar-refractivity contribution in [2.75, 3.05) is 0 Å². The molecule has 0 bridgehead atoms. The van der Waals surface area contributed by atoms with Crippen LogP contribution in [0.1, 0.15) is 27.4 Å². The number of rotatable bonds is 5. The summed E-state index contributed by atoms with van der Waals surface area (Å²) in [6.07, 6.45) is 1.61. The van der Waals surface area contributed by atoms with Crippen molar-refractivity contribution in [2.45, 2.75) is 20.0 Å². The lowest BCUT2D eigenvalue weighted by Gasteiger charge is -2.11. The first-order valence-electron chi connectivity index (χ1n) is 8.25. The number of carbonyl (C=O) groups excluding carboxylic acids is 1. The molecule has 0 aliphatic heterocycles. The van der Waals surface area contributed by atoms with Crippen LogP contribution < -0.4 is 5.32 Å². The molecule has 0 aliphatic carbocycles. The number of fused-ring (bicyclic) bond motifs is 1. The summed E-state index contributed by atoms with van der Waals surface area (Å²) in [5.74, 6) is 0.633. The fourth-order valence-corrected chi connectivity index (χ4v) is 4.60. The molecule has 0 radical (unpaired) electrons. The van der Waals surface area contributed by atoms with E-state index in [0.29, 0.717) is 18.8 Å². The van der Waals surface area contributed by atoms with Crippen LogP contribution in [0.5, 0.6) is 0 Å². The maximum Gasteiger partial charge on any atom is 0.268 e. The fraction of sp³-hybridized carbons (Fsp3) is 0.150. The van der Waals surface area contributed by atoms with Crippen molar-refractivity contribution in [1.82, 2.24) is 9.88 Å². The second kappa shape index (κ2) is 7.13. The third-order valence-electron chi connectivity index (χ3n) is 4.22. The van der Waals surface area contributed by atoms with Gasteiger partial charge in [0.25, 0.3) is 5.91 Å². The van der Waals surface area contributed by atoms with Crippen LogP contribution in [0, 0.1) is 6.92 Å². The van der Waals surface area contributed by atoms with Gasteiger partial charge >= 0.3 is 0 Å². The highest BCUT2D eigenvalue weighted by atomic mass is 79.9. The Hall–Kier alpha value is -2.31. The third kappa shape index (κ3) is 3.48. The minimum Gasteiger partial charge on any atom is -0.467 e. The van der Waals surface area contributed by atoms with Gasteiger partial charge in [-0.25, -0.2) is 0 Å². The van der Waals surface area contributed by atoms with Gasteiger partial charge in [0.15, 0.2) is 0 Å². The van der Waals surface area contributed by atoms with Crippen LogP contribution >= 0.6 is 27.3 Å². The minimum absolute atomic E-state index is 0.103. The second-order valence-corrected chi connectivity index (χ2v) is 8.63. The monoisotopic (exact) mass is 428 g/mol. The van der Waals surface area contributed by atoms with Gasteiger partial charge in [0.1, 0.15) is 11.5 Å². The summed E-state index contributed by atoms with van der Waals surface area (Å²) in [6, 6.07) is 16.1. The maximum absolute atomic E-state index is 12.8. The van der Waals surface area contributed by atoms with Gasteiger partial charge in [0.2, 0.25) is 0 Å². The quantitative estimate of drug-likeness (QED) is 0.465. The highest BCUT2D eigenvalue weighted by molar-refractivity contribution is 9.11. The lowest BCUT2D eigenvalue weighted by Crippen LogP contribution is -2.25. The average Bonchev–Trinajstić information content (AvgIpc) is 3.31. The Balaban J connectivity index is 1.67. The minimum atomic E-state index is -0.103. The SMILES string of the molecule is Cc1cccc(Cn2c(C(=O)NCc3ccco3)cc3sc(Br)cc32)c1. The lowest BCUT2D eigenvalue weighted by molar-refractivity contribution is 0.0939. The topological polar surface area (TPSA) is 47.2 Å². The van der Waals surface area contributed by atoms with Crippen molar-refractivity contribution in [3.63, 3.8) is 0 Å². The van der Waals surface area contributed by atoms with Crippen LogP contribution in [0.3, 0.4) is 0 Å². The molecule has 1 N–H and O–H groups in total. The Bertz CT molecular complexity index is 1060. The molecular weight excluding hydrogens is 412 g/mol. The summed E-state index contributed by atoms with van der Waals surface area (Å²) in [6.45, 7) is 3.10. The first-order chi connectivity index (χ1) is 12.6. The molecular formula is C20H17BrN2O2S. The van der Waals surface area contributed by atoms with E-state index in [0.717, 1.165) is 19.8 Å². The molecule has 3 aromatic heterocycles. The molecule has 4 aromatic rings. The van der Waals surface area contributed by atoms with Gasteiger partial charge in [-0.2, -0.15) is 0 Å². The molecule has 1 amide bonds. The average molecular weight is 429 g/mol. The van der Waals surface area contributed by atoms with Crippen LogP contribution in [0.4, 0.5) is 0 Å². The van der Waals surface area contributed by atoms with Crippen molar-refractivity contribution in [3.05, 3.63) is 81.2 Å². The second-order valence-electron chi connectivity index (χ2n) is 6.17. The van der Waals surface area contributed by atoms with Gasteiger partial charge in [-0.05, 0) is 52.7 Å². The number of nitrogens with one attached hydrogen (secondary N) is 1. The molecule has 132 valence electrons. The van der Waals surface area contributed by atoms with E-state index in [9.17, 15) is 4.79 Å². The molecule has 0 aliphatic rings. The van der Waals surface area contributed by atoms with Crippen molar-refractivity contribution >= 4 is 43.4 Å². The molecule has 1 aromatic carbocycles. The van der Waals surface area contributed by atoms with Gasteiger partial charge in [-0.3, -0.25) is 4.79 Å². The number of hydrogen-bond donors (Lipinski definition) is 1. The number of aryl methyl sites for hydroxylation is 1. The summed E-state index contributed by atoms with van der Waals surface area (Å²) < 4.78 is 9.51. The zero-order chi connectivity index (χ0) is 18.1. The number of furan rings is 1. The fourth-order valence-electron chi connectivity index (χ4n) is 3.03. The molecule has 0 saturated heterocycles. The summed E-state index contributed by atoms with van der Waals surface area (Å²) >= 11 is 5.18. The van der Waals surface area contributed by atoms with Crippen molar-refractivity contribution in [2.24, 2.45) is 0 Å². The molecule has 0 unspecified atom stereocenters. The molecule has 0 atom stereocenters. The number of hydrogen-bond acceptors (Lipinski definition) is 3. The van der Waals surface area contributed by atoms with Gasteiger partial charge in [-0.15, -0.1) is 11.3 Å². The first kappa shape index (κ1) is 17.1. The number of amides is 1. The number of carbonyl (C=O) groups is 1. The Morgan fingerprint density at radius 2 is 2.12 bits per heavy atom. The van der Waals surface area contributed by atoms with E-state index in [1.54, 1.807) is 17.6 Å². The normalized spacial score (nSPS) is 11.2. The number of benzene rings is 1. The maximum atomic E-state index is 12.8. The van der Waals surface area contributed by atoms with E-state index in [-0.39, 0.29) is 5.91 Å². The van der Waals surface area contributed by atoms with E-state index in [1.165, 1.54) is 11.1 Å². The van der Waals surface area contributed by atoms with Crippen LogP contribution in [0.15, 0.2) is 63.0 Å². The van der Waals surface area contributed by atoms with Crippen molar-refractivity contribution in [3.8, 4) is 0 Å². The Morgan fingerprint density at radius 1 is 1.23 bits per heavy atom.